The number of alkyl halides is 1. The van der Waals surface area contributed by atoms with Crippen LogP contribution < -0.4 is 5.32 Å². The van der Waals surface area contributed by atoms with Gasteiger partial charge in [0.2, 0.25) is 5.91 Å². The fourth-order valence-corrected chi connectivity index (χ4v) is 2.92. The topological polar surface area (TPSA) is 29.1 Å². The number of rotatable bonds is 6. The van der Waals surface area contributed by atoms with E-state index in [2.05, 4.69) is 37.2 Å². The van der Waals surface area contributed by atoms with E-state index in [9.17, 15) is 4.79 Å². The fraction of sp³-hybridized carbons (Fsp3) is 0.500. The summed E-state index contributed by atoms with van der Waals surface area (Å²) in [4.78, 5) is 12.5. The van der Waals surface area contributed by atoms with Gasteiger partial charge in [0.05, 0.1) is 10.3 Å². The zero-order valence-electron chi connectivity index (χ0n) is 8.26. The van der Waals surface area contributed by atoms with Crippen LogP contribution >= 0.6 is 43.2 Å². The second-order valence-corrected chi connectivity index (χ2v) is 6.47. The first kappa shape index (κ1) is 13.2. The van der Waals surface area contributed by atoms with Crippen molar-refractivity contribution < 1.29 is 4.79 Å². The zero-order valence-corrected chi connectivity index (χ0v) is 12.3. The van der Waals surface area contributed by atoms with Gasteiger partial charge in [0.1, 0.15) is 0 Å². The van der Waals surface area contributed by atoms with Crippen molar-refractivity contribution in [2.24, 2.45) is 0 Å². The molecule has 0 aliphatic rings. The maximum absolute atomic E-state index is 11.4. The van der Waals surface area contributed by atoms with E-state index in [0.717, 1.165) is 22.0 Å². The van der Waals surface area contributed by atoms with Gasteiger partial charge in [-0.15, -0.1) is 11.3 Å². The molecule has 0 aromatic carbocycles. The molecule has 1 aromatic heterocycles. The molecule has 2 nitrogen and oxygen atoms in total. The molecule has 0 bridgehead atoms. The second kappa shape index (κ2) is 7.41. The van der Waals surface area contributed by atoms with Gasteiger partial charge in [-0.25, -0.2) is 0 Å². The van der Waals surface area contributed by atoms with Crippen molar-refractivity contribution in [3.8, 4) is 0 Å². The molecule has 15 heavy (non-hydrogen) atoms. The van der Waals surface area contributed by atoms with Crippen LogP contribution in [0.2, 0.25) is 0 Å². The Balaban J connectivity index is 2.16. The van der Waals surface area contributed by atoms with Crippen molar-refractivity contribution >= 4 is 49.1 Å². The molecule has 0 aliphatic carbocycles. The quantitative estimate of drug-likeness (QED) is 0.612. The maximum Gasteiger partial charge on any atom is 0.220 e. The number of hydrogen-bond acceptors (Lipinski definition) is 2. The third kappa shape index (κ3) is 5.68. The molecule has 0 spiro atoms. The van der Waals surface area contributed by atoms with Crippen LogP contribution in [0.1, 0.15) is 24.1 Å². The van der Waals surface area contributed by atoms with E-state index < -0.39 is 0 Å². The van der Waals surface area contributed by atoms with Gasteiger partial charge in [0.25, 0.3) is 0 Å². The molecule has 0 radical (unpaired) electrons. The highest BCUT2D eigenvalue weighted by molar-refractivity contribution is 9.11. The highest BCUT2D eigenvalue weighted by Crippen LogP contribution is 2.21. The molecule has 0 saturated carbocycles. The van der Waals surface area contributed by atoms with E-state index in [1.54, 1.807) is 11.3 Å². The summed E-state index contributed by atoms with van der Waals surface area (Å²) in [5, 5.41) is 3.88. The van der Waals surface area contributed by atoms with Crippen molar-refractivity contribution in [1.82, 2.24) is 5.32 Å². The molecule has 0 saturated heterocycles. The Bertz CT molecular complexity index is 314. The van der Waals surface area contributed by atoms with Crippen LogP contribution in [0.4, 0.5) is 0 Å². The van der Waals surface area contributed by atoms with Crippen molar-refractivity contribution in [3.05, 3.63) is 20.8 Å². The van der Waals surface area contributed by atoms with E-state index in [1.165, 1.54) is 4.88 Å². The number of amides is 1. The number of thiophene rings is 1. The maximum atomic E-state index is 11.4. The average molecular weight is 355 g/mol. The van der Waals surface area contributed by atoms with Crippen LogP contribution in [0.5, 0.6) is 0 Å². The Morgan fingerprint density at radius 1 is 1.40 bits per heavy atom. The van der Waals surface area contributed by atoms with Crippen LogP contribution in [-0.4, -0.2) is 11.2 Å². The normalized spacial score (nSPS) is 10.3. The third-order valence-electron chi connectivity index (χ3n) is 1.88. The summed E-state index contributed by atoms with van der Waals surface area (Å²) >= 11 is 8.39. The lowest BCUT2D eigenvalue weighted by Crippen LogP contribution is -2.21. The molecule has 1 amide bonds. The minimum absolute atomic E-state index is 0.139. The SMILES string of the molecule is O=C(CCCCBr)NCc1ccc(Br)s1. The summed E-state index contributed by atoms with van der Waals surface area (Å²) in [5.74, 6) is 0.139. The van der Waals surface area contributed by atoms with Crippen LogP contribution in [0.3, 0.4) is 0 Å². The van der Waals surface area contributed by atoms with Crippen molar-refractivity contribution in [1.29, 1.82) is 0 Å². The molecule has 0 aliphatic heterocycles. The Kier molecular flexibility index (Phi) is 6.52. The molecule has 0 fully saturated rings. The fourth-order valence-electron chi connectivity index (χ4n) is 1.10. The zero-order chi connectivity index (χ0) is 11.1. The van der Waals surface area contributed by atoms with Gasteiger partial charge < -0.3 is 5.32 Å². The molecule has 0 unspecified atom stereocenters. The minimum Gasteiger partial charge on any atom is -0.351 e. The summed E-state index contributed by atoms with van der Waals surface area (Å²) < 4.78 is 1.10. The van der Waals surface area contributed by atoms with E-state index in [-0.39, 0.29) is 5.91 Å². The Morgan fingerprint density at radius 3 is 2.80 bits per heavy atom. The van der Waals surface area contributed by atoms with Gasteiger partial charge in [-0.1, -0.05) is 15.9 Å². The van der Waals surface area contributed by atoms with Gasteiger partial charge >= 0.3 is 0 Å². The van der Waals surface area contributed by atoms with E-state index >= 15 is 0 Å². The van der Waals surface area contributed by atoms with E-state index in [1.807, 2.05) is 12.1 Å². The van der Waals surface area contributed by atoms with E-state index in [4.69, 9.17) is 0 Å². The predicted molar refractivity (Wildman–Crippen MR) is 71.5 cm³/mol. The number of unbranched alkanes of at least 4 members (excludes halogenated alkanes) is 1. The van der Waals surface area contributed by atoms with Gasteiger partial charge in [-0.3, -0.25) is 4.79 Å². The number of nitrogens with one attached hydrogen (secondary N) is 1. The minimum atomic E-state index is 0.139. The summed E-state index contributed by atoms with van der Waals surface area (Å²) in [6.45, 7) is 0.642. The predicted octanol–water partition coefficient (Wildman–Crippen LogP) is 3.69. The highest BCUT2D eigenvalue weighted by Gasteiger charge is 2.02. The smallest absolute Gasteiger partial charge is 0.220 e. The molecule has 1 heterocycles. The van der Waals surface area contributed by atoms with Crippen LogP contribution in [-0.2, 0) is 11.3 Å². The van der Waals surface area contributed by atoms with Gasteiger partial charge in [-0.05, 0) is 40.9 Å². The first-order chi connectivity index (χ1) is 7.22. The van der Waals surface area contributed by atoms with Gasteiger partial charge in [0, 0.05) is 16.6 Å². The Hall–Kier alpha value is 0.130. The molecular formula is C10H13Br2NOS. The van der Waals surface area contributed by atoms with Crippen molar-refractivity contribution in [2.75, 3.05) is 5.33 Å². The highest BCUT2D eigenvalue weighted by atomic mass is 79.9. The number of hydrogen-bond donors (Lipinski definition) is 1. The molecular weight excluding hydrogens is 342 g/mol. The van der Waals surface area contributed by atoms with Crippen LogP contribution in [0.15, 0.2) is 15.9 Å². The van der Waals surface area contributed by atoms with Crippen molar-refractivity contribution in [2.45, 2.75) is 25.8 Å². The number of carbonyl (C=O) groups is 1. The van der Waals surface area contributed by atoms with Crippen LogP contribution in [0.25, 0.3) is 0 Å². The molecule has 1 N–H and O–H groups in total. The Morgan fingerprint density at radius 2 is 2.20 bits per heavy atom. The van der Waals surface area contributed by atoms with Crippen molar-refractivity contribution in [3.63, 3.8) is 0 Å². The summed E-state index contributed by atoms with van der Waals surface area (Å²) in [7, 11) is 0. The molecule has 5 heteroatoms. The molecule has 84 valence electrons. The lowest BCUT2D eigenvalue weighted by Gasteiger charge is -2.02. The lowest BCUT2D eigenvalue weighted by molar-refractivity contribution is -0.121. The first-order valence-corrected chi connectivity index (χ1v) is 7.52. The summed E-state index contributed by atoms with van der Waals surface area (Å²) in [6, 6.07) is 4.02. The summed E-state index contributed by atoms with van der Waals surface area (Å²) in [6.07, 6.45) is 2.63. The molecule has 0 atom stereocenters. The Labute approximate surface area is 111 Å². The second-order valence-electron chi connectivity index (χ2n) is 3.13. The standard InChI is InChI=1S/C10H13Br2NOS/c11-6-2-1-3-10(14)13-7-8-4-5-9(12)15-8/h4-5H,1-3,6-7H2,(H,13,14). The molecule has 1 rings (SSSR count). The van der Waals surface area contributed by atoms with Gasteiger partial charge in [0.15, 0.2) is 0 Å². The monoisotopic (exact) mass is 353 g/mol. The van der Waals surface area contributed by atoms with Gasteiger partial charge in [-0.2, -0.15) is 0 Å². The summed E-state index contributed by atoms with van der Waals surface area (Å²) in [5.41, 5.74) is 0. The average Bonchev–Trinajstić information content (AvgIpc) is 2.62. The van der Waals surface area contributed by atoms with E-state index in [0.29, 0.717) is 13.0 Å². The first-order valence-electron chi connectivity index (χ1n) is 4.79. The number of carbonyl (C=O) groups excluding carboxylic acids is 1. The lowest BCUT2D eigenvalue weighted by atomic mass is 10.2. The van der Waals surface area contributed by atoms with Crippen LogP contribution in [0, 0.1) is 0 Å². The third-order valence-corrected chi connectivity index (χ3v) is 4.06. The largest absolute Gasteiger partial charge is 0.351 e. The number of halogens is 2. The molecule has 1 aromatic rings.